The van der Waals surface area contributed by atoms with Crippen LogP contribution in [0.1, 0.15) is 12.0 Å². The molecule has 0 saturated carbocycles. The Morgan fingerprint density at radius 2 is 1.96 bits per heavy atom. The smallest absolute Gasteiger partial charge is 0.408 e. The van der Waals surface area contributed by atoms with Crippen molar-refractivity contribution >= 4 is 35.0 Å². The molecule has 0 radical (unpaired) electrons. The maximum Gasteiger partial charge on any atom is 0.408 e. The van der Waals surface area contributed by atoms with Crippen molar-refractivity contribution in [2.24, 2.45) is 5.92 Å². The van der Waals surface area contributed by atoms with E-state index in [1.54, 1.807) is 0 Å². The number of hydrogen-bond acceptors (Lipinski definition) is 3. The summed E-state index contributed by atoms with van der Waals surface area (Å²) in [6, 6.07) is 10.7. The van der Waals surface area contributed by atoms with Gasteiger partial charge in [0.15, 0.2) is 0 Å². The van der Waals surface area contributed by atoms with Gasteiger partial charge in [0.25, 0.3) is 0 Å². The van der Waals surface area contributed by atoms with Gasteiger partial charge in [-0.2, -0.15) is 0 Å². The first kappa shape index (κ1) is 16.8. The number of likely N-dealkylation sites (tertiary alicyclic amines) is 1. The van der Waals surface area contributed by atoms with Gasteiger partial charge < -0.3 is 10.2 Å². The van der Waals surface area contributed by atoms with Gasteiger partial charge >= 0.3 is 12.1 Å². The second-order valence-corrected chi connectivity index (χ2v) is 7.57. The first-order valence-electron chi connectivity index (χ1n) is 7.51. The lowest BCUT2D eigenvalue weighted by atomic mass is 9.93. The Labute approximate surface area is 148 Å². The Balaban J connectivity index is 1.82. The van der Waals surface area contributed by atoms with E-state index < -0.39 is 18.1 Å². The maximum atomic E-state index is 11.3. The van der Waals surface area contributed by atoms with E-state index >= 15 is 0 Å². The number of halogens is 1. The molecule has 2 N–H and O–H groups in total. The molecule has 0 bridgehead atoms. The van der Waals surface area contributed by atoms with Gasteiger partial charge in [-0.15, -0.1) is 11.3 Å². The summed E-state index contributed by atoms with van der Waals surface area (Å²) in [6.45, 7) is 0.242. The van der Waals surface area contributed by atoms with E-state index in [4.69, 9.17) is 11.6 Å². The molecule has 0 spiro atoms. The van der Waals surface area contributed by atoms with Crippen LogP contribution in [0.15, 0.2) is 36.4 Å². The summed E-state index contributed by atoms with van der Waals surface area (Å²) < 4.78 is 0.712. The highest BCUT2D eigenvalue weighted by Gasteiger charge is 2.39. The van der Waals surface area contributed by atoms with Gasteiger partial charge in [-0.3, -0.25) is 4.90 Å². The molecule has 1 aromatic heterocycles. The van der Waals surface area contributed by atoms with E-state index in [1.807, 2.05) is 36.4 Å². The highest BCUT2D eigenvalue weighted by molar-refractivity contribution is 7.19. The van der Waals surface area contributed by atoms with Crippen LogP contribution < -0.4 is 0 Å². The van der Waals surface area contributed by atoms with Crippen molar-refractivity contribution < 1.29 is 19.8 Å². The molecule has 1 saturated heterocycles. The molecule has 2 aromatic rings. The van der Waals surface area contributed by atoms with Crippen LogP contribution in [0.4, 0.5) is 4.79 Å². The average Bonchev–Trinajstić information content (AvgIpc) is 3.14. The second kappa shape index (κ2) is 6.83. The molecule has 1 aliphatic heterocycles. The van der Waals surface area contributed by atoms with Gasteiger partial charge in [-0.05, 0) is 42.0 Å². The van der Waals surface area contributed by atoms with Crippen molar-refractivity contribution in [2.45, 2.75) is 18.9 Å². The number of aliphatic carboxylic acids is 1. The van der Waals surface area contributed by atoms with Gasteiger partial charge in [0.05, 0.1) is 4.34 Å². The lowest BCUT2D eigenvalue weighted by Gasteiger charge is -2.17. The lowest BCUT2D eigenvalue weighted by Crippen LogP contribution is -2.39. The summed E-state index contributed by atoms with van der Waals surface area (Å²) in [5.74, 6) is -1.10. The number of carbonyl (C=O) groups is 2. The van der Waals surface area contributed by atoms with Crippen LogP contribution in [0.2, 0.25) is 4.34 Å². The van der Waals surface area contributed by atoms with Crippen LogP contribution in [0.25, 0.3) is 10.4 Å². The summed E-state index contributed by atoms with van der Waals surface area (Å²) in [6.07, 6.45) is -0.205. The van der Waals surface area contributed by atoms with Crippen LogP contribution in [0.5, 0.6) is 0 Å². The minimum absolute atomic E-state index is 0.0150. The summed E-state index contributed by atoms with van der Waals surface area (Å²) in [7, 11) is 0. The van der Waals surface area contributed by atoms with Crippen LogP contribution >= 0.6 is 22.9 Å². The molecule has 1 fully saturated rings. The van der Waals surface area contributed by atoms with Crippen molar-refractivity contribution in [2.75, 3.05) is 6.54 Å². The molecule has 2 atom stereocenters. The molecule has 1 amide bonds. The number of amides is 1. The van der Waals surface area contributed by atoms with Crippen LogP contribution in [-0.4, -0.2) is 39.8 Å². The highest BCUT2D eigenvalue weighted by atomic mass is 35.5. The Morgan fingerprint density at radius 3 is 2.54 bits per heavy atom. The SMILES string of the molecule is O=C(O)C1CC(Cc2ccccc2-c2ccc(Cl)s2)CN1C(=O)O. The van der Waals surface area contributed by atoms with Crippen LogP contribution in [0, 0.1) is 5.92 Å². The predicted molar refractivity (Wildman–Crippen MR) is 92.7 cm³/mol. The van der Waals surface area contributed by atoms with E-state index in [9.17, 15) is 19.8 Å². The van der Waals surface area contributed by atoms with E-state index in [0.29, 0.717) is 17.2 Å². The number of rotatable bonds is 4. The Kier molecular flexibility index (Phi) is 4.78. The van der Waals surface area contributed by atoms with E-state index in [0.717, 1.165) is 20.9 Å². The number of hydrogen-bond donors (Lipinski definition) is 2. The fourth-order valence-corrected chi connectivity index (χ4v) is 4.33. The first-order chi connectivity index (χ1) is 11.5. The topological polar surface area (TPSA) is 77.8 Å². The van der Waals surface area contributed by atoms with Crippen molar-refractivity contribution in [1.82, 2.24) is 4.90 Å². The second-order valence-electron chi connectivity index (χ2n) is 5.86. The zero-order chi connectivity index (χ0) is 17.3. The molecule has 2 unspecified atom stereocenters. The van der Waals surface area contributed by atoms with Crippen molar-refractivity contribution in [1.29, 1.82) is 0 Å². The Hall–Kier alpha value is -2.05. The van der Waals surface area contributed by atoms with E-state index in [-0.39, 0.29) is 12.5 Å². The van der Waals surface area contributed by atoms with Gasteiger partial charge in [0, 0.05) is 11.4 Å². The van der Waals surface area contributed by atoms with Crippen molar-refractivity contribution in [3.8, 4) is 10.4 Å². The zero-order valence-electron chi connectivity index (χ0n) is 12.7. The van der Waals surface area contributed by atoms with Gasteiger partial charge in [-0.25, -0.2) is 9.59 Å². The quantitative estimate of drug-likeness (QED) is 0.856. The standard InChI is InChI=1S/C17H16ClNO4S/c18-15-6-5-14(24-15)12-4-2-1-3-11(12)7-10-8-13(16(20)21)19(9-10)17(22)23/h1-6,10,13H,7-9H2,(H,20,21)(H,22,23). The molecule has 1 aromatic carbocycles. The van der Waals surface area contributed by atoms with Crippen LogP contribution in [-0.2, 0) is 11.2 Å². The number of carboxylic acids is 1. The number of nitrogens with zero attached hydrogens (tertiary/aromatic N) is 1. The third-order valence-corrected chi connectivity index (χ3v) is 5.55. The molecule has 1 aliphatic rings. The van der Waals surface area contributed by atoms with Crippen LogP contribution in [0.3, 0.4) is 0 Å². The third-order valence-electron chi connectivity index (χ3n) is 4.28. The third kappa shape index (κ3) is 3.39. The molecule has 7 heteroatoms. The number of benzene rings is 1. The Bertz CT molecular complexity index is 753. The van der Waals surface area contributed by atoms with E-state index in [1.165, 1.54) is 11.3 Å². The Morgan fingerprint density at radius 1 is 1.21 bits per heavy atom. The minimum Gasteiger partial charge on any atom is -0.480 e. The van der Waals surface area contributed by atoms with Gasteiger partial charge in [0.1, 0.15) is 6.04 Å². The molecular weight excluding hydrogens is 350 g/mol. The molecule has 2 heterocycles. The summed E-state index contributed by atoms with van der Waals surface area (Å²) in [4.78, 5) is 24.6. The molecule has 0 aliphatic carbocycles. The molecule has 3 rings (SSSR count). The predicted octanol–water partition coefficient (Wildman–Crippen LogP) is 4.06. The largest absolute Gasteiger partial charge is 0.480 e. The van der Waals surface area contributed by atoms with Gasteiger partial charge in [0.2, 0.25) is 0 Å². The number of carboxylic acid groups (broad SMARTS) is 2. The molecular formula is C17H16ClNO4S. The molecule has 24 heavy (non-hydrogen) atoms. The number of thiophene rings is 1. The molecule has 5 nitrogen and oxygen atoms in total. The summed E-state index contributed by atoms with van der Waals surface area (Å²) >= 11 is 7.51. The zero-order valence-corrected chi connectivity index (χ0v) is 14.3. The monoisotopic (exact) mass is 365 g/mol. The normalized spacial score (nSPS) is 20.3. The summed E-state index contributed by atoms with van der Waals surface area (Å²) in [5, 5.41) is 18.4. The minimum atomic E-state index is -1.18. The maximum absolute atomic E-state index is 11.3. The fourth-order valence-electron chi connectivity index (χ4n) is 3.23. The molecule has 126 valence electrons. The van der Waals surface area contributed by atoms with Gasteiger partial charge in [-0.1, -0.05) is 35.9 Å². The van der Waals surface area contributed by atoms with E-state index in [2.05, 4.69) is 0 Å². The first-order valence-corrected chi connectivity index (χ1v) is 8.71. The highest BCUT2D eigenvalue weighted by Crippen LogP contribution is 2.35. The van der Waals surface area contributed by atoms with Crippen molar-refractivity contribution in [3.05, 3.63) is 46.3 Å². The average molecular weight is 366 g/mol. The fraction of sp³-hybridized carbons (Fsp3) is 0.294. The van der Waals surface area contributed by atoms with Crippen molar-refractivity contribution in [3.63, 3.8) is 0 Å². The lowest BCUT2D eigenvalue weighted by molar-refractivity contribution is -0.141. The summed E-state index contributed by atoms with van der Waals surface area (Å²) in [5.41, 5.74) is 2.15.